The standard InChI is InChI=1S/C25H35NO6/c1-24-11-9-16(27)13-15(24)3-4-17-18-5-6-20(25(18,2)12-10-19(17)24)32-23(31)8-7-21(28)26-14-22(29)30/h13,17-20H,3-12,14H2,1-2H3,(H,26,28)(H,29,30)/t17-,18+,19-,20-,24+,25+/m1/s1. The van der Waals surface area contributed by atoms with Crippen LogP contribution in [0.3, 0.4) is 0 Å². The fourth-order valence-corrected chi connectivity index (χ4v) is 7.40. The van der Waals surface area contributed by atoms with Crippen molar-refractivity contribution in [2.75, 3.05) is 6.54 Å². The van der Waals surface area contributed by atoms with Gasteiger partial charge in [0.25, 0.3) is 0 Å². The number of carboxylic acids is 1. The Morgan fingerprint density at radius 1 is 1.06 bits per heavy atom. The molecule has 0 heterocycles. The zero-order chi connectivity index (χ0) is 23.1. The third kappa shape index (κ3) is 4.11. The van der Waals surface area contributed by atoms with E-state index in [9.17, 15) is 19.2 Å². The van der Waals surface area contributed by atoms with E-state index in [2.05, 4.69) is 19.2 Å². The lowest BCUT2D eigenvalue weighted by Crippen LogP contribution is -2.51. The highest BCUT2D eigenvalue weighted by atomic mass is 16.5. The molecule has 176 valence electrons. The van der Waals surface area contributed by atoms with Crippen LogP contribution in [0.2, 0.25) is 0 Å². The van der Waals surface area contributed by atoms with Gasteiger partial charge < -0.3 is 15.2 Å². The number of carbonyl (C=O) groups is 4. The van der Waals surface area contributed by atoms with Crippen molar-refractivity contribution in [3.8, 4) is 0 Å². The minimum absolute atomic E-state index is 0.0327. The highest BCUT2D eigenvalue weighted by Gasteiger charge is 2.59. The quantitative estimate of drug-likeness (QED) is 0.607. The molecule has 4 aliphatic rings. The largest absolute Gasteiger partial charge is 0.480 e. The van der Waals surface area contributed by atoms with Crippen LogP contribution in [0.15, 0.2) is 11.6 Å². The van der Waals surface area contributed by atoms with Gasteiger partial charge in [-0.15, -0.1) is 0 Å². The highest BCUT2D eigenvalue weighted by Crippen LogP contribution is 2.65. The van der Waals surface area contributed by atoms with Crippen LogP contribution in [0.1, 0.15) is 78.1 Å². The minimum atomic E-state index is -1.11. The van der Waals surface area contributed by atoms with E-state index in [4.69, 9.17) is 9.84 Å². The van der Waals surface area contributed by atoms with Gasteiger partial charge in [0.05, 0.1) is 6.42 Å². The highest BCUT2D eigenvalue weighted by molar-refractivity contribution is 5.91. The molecule has 0 saturated heterocycles. The van der Waals surface area contributed by atoms with Crippen molar-refractivity contribution in [1.29, 1.82) is 0 Å². The third-order valence-corrected chi connectivity index (χ3v) is 9.14. The van der Waals surface area contributed by atoms with Crippen LogP contribution in [-0.4, -0.2) is 41.4 Å². The van der Waals surface area contributed by atoms with Crippen molar-refractivity contribution in [2.45, 2.75) is 84.2 Å². The van der Waals surface area contributed by atoms with Gasteiger partial charge in [0.2, 0.25) is 5.91 Å². The molecule has 0 aromatic heterocycles. The molecular weight excluding hydrogens is 410 g/mol. The number of allylic oxidation sites excluding steroid dienone is 1. The Kier molecular flexibility index (Phi) is 6.21. The van der Waals surface area contributed by atoms with E-state index in [1.54, 1.807) is 0 Å². The Labute approximate surface area is 189 Å². The summed E-state index contributed by atoms with van der Waals surface area (Å²) in [5.74, 6) is 0.0628. The Morgan fingerprint density at radius 3 is 2.59 bits per heavy atom. The summed E-state index contributed by atoms with van der Waals surface area (Å²) in [4.78, 5) is 46.7. The van der Waals surface area contributed by atoms with Crippen molar-refractivity contribution in [2.24, 2.45) is 28.6 Å². The van der Waals surface area contributed by atoms with Crippen molar-refractivity contribution < 1.29 is 29.0 Å². The Bertz CT molecular complexity index is 849. The molecule has 3 fully saturated rings. The molecule has 32 heavy (non-hydrogen) atoms. The number of hydrogen-bond acceptors (Lipinski definition) is 5. The normalized spacial score (nSPS) is 38.1. The molecule has 3 saturated carbocycles. The second-order valence-electron chi connectivity index (χ2n) is 10.7. The van der Waals surface area contributed by atoms with E-state index in [0.29, 0.717) is 24.2 Å². The molecule has 7 heteroatoms. The monoisotopic (exact) mass is 445 g/mol. The van der Waals surface area contributed by atoms with Crippen LogP contribution in [0.25, 0.3) is 0 Å². The molecule has 0 spiro atoms. The SMILES string of the molecule is C[C@]12CC[C@@H]3[C@H](CCC4=CC(=O)CC[C@@]43C)[C@@H]1CC[C@H]2OC(=O)CCC(=O)NCC(=O)O. The number of nitrogens with one attached hydrogen (secondary N) is 1. The van der Waals surface area contributed by atoms with Gasteiger partial charge in [0.15, 0.2) is 5.78 Å². The summed E-state index contributed by atoms with van der Waals surface area (Å²) in [7, 11) is 0. The number of ether oxygens (including phenoxy) is 1. The predicted octanol–water partition coefficient (Wildman–Crippen LogP) is 3.41. The molecule has 0 aromatic rings. The number of carboxylic acid groups (broad SMARTS) is 1. The fourth-order valence-electron chi connectivity index (χ4n) is 7.40. The van der Waals surface area contributed by atoms with Crippen molar-refractivity contribution >= 4 is 23.6 Å². The Hall–Kier alpha value is -2.18. The Balaban J connectivity index is 1.37. The molecule has 0 bridgehead atoms. The van der Waals surface area contributed by atoms with Gasteiger partial charge in [-0.3, -0.25) is 19.2 Å². The summed E-state index contributed by atoms with van der Waals surface area (Å²) in [6, 6.07) is 0. The number of fused-ring (bicyclic) bond motifs is 5. The molecule has 1 amide bonds. The second kappa shape index (κ2) is 8.64. The minimum Gasteiger partial charge on any atom is -0.480 e. The average molecular weight is 446 g/mol. The first-order valence-corrected chi connectivity index (χ1v) is 12.1. The summed E-state index contributed by atoms with van der Waals surface area (Å²) in [5, 5.41) is 10.9. The van der Waals surface area contributed by atoms with E-state index in [1.165, 1.54) is 5.57 Å². The van der Waals surface area contributed by atoms with Crippen molar-refractivity contribution in [1.82, 2.24) is 5.32 Å². The lowest BCUT2D eigenvalue weighted by molar-refractivity contribution is -0.160. The zero-order valence-corrected chi connectivity index (χ0v) is 19.2. The molecule has 6 atom stereocenters. The molecule has 0 aliphatic heterocycles. The number of aliphatic carboxylic acids is 1. The first kappa shape index (κ1) is 23.0. The number of hydrogen-bond donors (Lipinski definition) is 2. The van der Waals surface area contributed by atoms with Crippen molar-refractivity contribution in [3.05, 3.63) is 11.6 Å². The maximum Gasteiger partial charge on any atom is 0.322 e. The summed E-state index contributed by atoms with van der Waals surface area (Å²) >= 11 is 0. The van der Waals surface area contributed by atoms with E-state index in [-0.39, 0.29) is 41.5 Å². The second-order valence-corrected chi connectivity index (χ2v) is 10.7. The van der Waals surface area contributed by atoms with Crippen LogP contribution < -0.4 is 5.32 Å². The third-order valence-electron chi connectivity index (χ3n) is 9.14. The van der Waals surface area contributed by atoms with Gasteiger partial charge in [0, 0.05) is 18.3 Å². The molecule has 4 rings (SSSR count). The van der Waals surface area contributed by atoms with Gasteiger partial charge in [-0.05, 0) is 74.2 Å². The topological polar surface area (TPSA) is 110 Å². The summed E-state index contributed by atoms with van der Waals surface area (Å²) in [6.07, 6.45) is 9.50. The zero-order valence-electron chi connectivity index (χ0n) is 19.2. The van der Waals surface area contributed by atoms with Crippen molar-refractivity contribution in [3.63, 3.8) is 0 Å². The van der Waals surface area contributed by atoms with Crippen LogP contribution >= 0.6 is 0 Å². The number of esters is 1. The van der Waals surface area contributed by atoms with Crippen LogP contribution in [-0.2, 0) is 23.9 Å². The van der Waals surface area contributed by atoms with Crippen LogP contribution in [0, 0.1) is 28.6 Å². The summed E-state index contributed by atoms with van der Waals surface area (Å²) < 4.78 is 5.89. The molecule has 2 N–H and O–H groups in total. The predicted molar refractivity (Wildman–Crippen MR) is 116 cm³/mol. The number of ketones is 1. The van der Waals surface area contributed by atoms with Crippen LogP contribution in [0.5, 0.6) is 0 Å². The van der Waals surface area contributed by atoms with Gasteiger partial charge >= 0.3 is 11.9 Å². The molecule has 0 radical (unpaired) electrons. The molecular formula is C25H35NO6. The average Bonchev–Trinajstić information content (AvgIpc) is 3.07. The summed E-state index contributed by atoms with van der Waals surface area (Å²) in [5.41, 5.74) is 1.46. The number of carbonyl (C=O) groups excluding carboxylic acids is 3. The summed E-state index contributed by atoms with van der Waals surface area (Å²) in [6.45, 7) is 4.20. The van der Waals surface area contributed by atoms with Gasteiger partial charge in [-0.25, -0.2) is 0 Å². The molecule has 0 unspecified atom stereocenters. The van der Waals surface area contributed by atoms with Gasteiger partial charge in [0.1, 0.15) is 12.6 Å². The van der Waals surface area contributed by atoms with E-state index in [1.807, 2.05) is 6.08 Å². The van der Waals surface area contributed by atoms with Gasteiger partial charge in [-0.2, -0.15) is 0 Å². The molecule has 7 nitrogen and oxygen atoms in total. The lowest BCUT2D eigenvalue weighted by atomic mass is 9.47. The lowest BCUT2D eigenvalue weighted by Gasteiger charge is -2.57. The maximum absolute atomic E-state index is 12.5. The van der Waals surface area contributed by atoms with E-state index >= 15 is 0 Å². The molecule has 4 aliphatic carbocycles. The first-order valence-electron chi connectivity index (χ1n) is 12.1. The first-order chi connectivity index (χ1) is 15.1. The van der Waals surface area contributed by atoms with E-state index in [0.717, 1.165) is 44.9 Å². The Morgan fingerprint density at radius 2 is 1.84 bits per heavy atom. The number of amides is 1. The number of rotatable bonds is 6. The van der Waals surface area contributed by atoms with E-state index < -0.39 is 18.4 Å². The molecule has 0 aromatic carbocycles. The maximum atomic E-state index is 12.5. The van der Waals surface area contributed by atoms with Gasteiger partial charge in [-0.1, -0.05) is 19.4 Å². The smallest absolute Gasteiger partial charge is 0.322 e. The van der Waals surface area contributed by atoms with Crippen LogP contribution in [0.4, 0.5) is 0 Å². The fraction of sp³-hybridized carbons (Fsp3) is 0.760.